The molecule has 3 aromatic rings. The fraction of sp³-hybridized carbons (Fsp3) is 0.609. The van der Waals surface area contributed by atoms with Crippen molar-refractivity contribution in [3.63, 3.8) is 0 Å². The number of rotatable bonds is 10. The minimum atomic E-state index is -4.35. The summed E-state index contributed by atoms with van der Waals surface area (Å²) in [5, 5.41) is 5.54. The van der Waals surface area contributed by atoms with Crippen molar-refractivity contribution < 1.29 is 50.2 Å². The number of alkyl halides is 3. The average molecular weight is 943 g/mol. The highest BCUT2D eigenvalue weighted by molar-refractivity contribution is 7.91. The number of ether oxygens (including phenoxy) is 2. The van der Waals surface area contributed by atoms with Gasteiger partial charge in [0.15, 0.2) is 0 Å². The number of methoxy groups -OCH3 is 1. The Morgan fingerprint density at radius 2 is 1.80 bits per heavy atom. The van der Waals surface area contributed by atoms with Gasteiger partial charge in [-0.05, 0) is 76.3 Å². The topological polar surface area (TPSA) is 177 Å². The molecule has 5 aliphatic rings. The van der Waals surface area contributed by atoms with Gasteiger partial charge in [-0.25, -0.2) is 18.4 Å². The van der Waals surface area contributed by atoms with Crippen LogP contribution in [-0.4, -0.2) is 108 Å². The monoisotopic (exact) mass is 942 g/mol. The molecule has 2 saturated heterocycles. The van der Waals surface area contributed by atoms with Crippen LogP contribution >= 0.6 is 11.3 Å². The summed E-state index contributed by atoms with van der Waals surface area (Å²) in [6.45, 7) is 5.78. The van der Waals surface area contributed by atoms with E-state index in [1.807, 2.05) is 36.6 Å². The number of nitrogens with one attached hydrogen (secondary N) is 2. The first kappa shape index (κ1) is 46.7. The molecule has 0 bridgehead atoms. The number of carbonyl (C=O) groups is 4. The molecule has 65 heavy (non-hydrogen) atoms. The highest BCUT2D eigenvalue weighted by atomic mass is 32.2. The van der Waals surface area contributed by atoms with E-state index in [4.69, 9.17) is 19.4 Å². The van der Waals surface area contributed by atoms with Gasteiger partial charge in [-0.2, -0.15) is 13.2 Å². The molecule has 4 amide bonds. The number of thiazole rings is 1. The van der Waals surface area contributed by atoms with E-state index in [-0.39, 0.29) is 57.7 Å². The van der Waals surface area contributed by atoms with Crippen LogP contribution in [0.15, 0.2) is 35.7 Å². The summed E-state index contributed by atoms with van der Waals surface area (Å²) in [7, 11) is -2.39. The van der Waals surface area contributed by atoms with Crippen molar-refractivity contribution in [1.29, 1.82) is 0 Å². The van der Waals surface area contributed by atoms with Crippen molar-refractivity contribution in [3.8, 4) is 22.2 Å². The Kier molecular flexibility index (Phi) is 13.3. The predicted molar refractivity (Wildman–Crippen MR) is 238 cm³/mol. The lowest BCUT2D eigenvalue weighted by Gasteiger charge is -2.34. The van der Waals surface area contributed by atoms with Gasteiger partial charge in [0, 0.05) is 60.2 Å². The molecule has 2 aromatic heterocycles. The SMILES string of the molecule is COc1ccc2c(O[C@@H]3C[C@H]4C(=O)N[C@]5(C(=O)NS(=O)(=O)C6CC6)C[C@H]5C=CCCCCC[C@H](CC(=O)N5CCC(C(F)(F)F)CC5)C(=O)N4C3)cc(-c3nc(C(C)C)cs3)nc2c1C. The largest absolute Gasteiger partial charge is 0.496 e. The highest BCUT2D eigenvalue weighted by Gasteiger charge is 2.62. The number of sulfonamides is 1. The average Bonchev–Trinajstić information content (AvgIpc) is 4.14. The number of likely N-dealkylation sites (tertiary alicyclic amines) is 1. The predicted octanol–water partition coefficient (Wildman–Crippen LogP) is 6.96. The molecular formula is C46H57F3N6O8S2. The number of fused-ring (bicyclic) bond motifs is 3. The van der Waals surface area contributed by atoms with Gasteiger partial charge in [-0.1, -0.05) is 38.8 Å². The molecule has 2 saturated carbocycles. The molecule has 1 aromatic carbocycles. The maximum atomic E-state index is 15.0. The lowest BCUT2D eigenvalue weighted by atomic mass is 9.92. The fourth-order valence-corrected chi connectivity index (χ4v) is 11.7. The van der Waals surface area contributed by atoms with Gasteiger partial charge >= 0.3 is 6.18 Å². The molecule has 0 unspecified atom stereocenters. The summed E-state index contributed by atoms with van der Waals surface area (Å²) in [5.41, 5.74) is 1.27. The summed E-state index contributed by atoms with van der Waals surface area (Å²) < 4.78 is 81.2. The number of hydrogen-bond acceptors (Lipinski definition) is 11. The molecule has 4 fully saturated rings. The molecule has 8 rings (SSSR count). The summed E-state index contributed by atoms with van der Waals surface area (Å²) >= 11 is 1.45. The Hall–Kier alpha value is -4.78. The first-order valence-electron chi connectivity index (χ1n) is 22.7. The van der Waals surface area contributed by atoms with Crippen molar-refractivity contribution in [2.24, 2.45) is 17.8 Å². The van der Waals surface area contributed by atoms with Gasteiger partial charge in [-0.15, -0.1) is 11.3 Å². The van der Waals surface area contributed by atoms with Crippen molar-refractivity contribution in [2.75, 3.05) is 26.7 Å². The number of carbonyl (C=O) groups excluding carboxylic acids is 4. The molecule has 19 heteroatoms. The van der Waals surface area contributed by atoms with Crippen LogP contribution in [0.3, 0.4) is 0 Å². The number of halogens is 3. The van der Waals surface area contributed by atoms with Crippen LogP contribution in [0.25, 0.3) is 21.6 Å². The highest BCUT2D eigenvalue weighted by Crippen LogP contribution is 2.47. The van der Waals surface area contributed by atoms with Crippen LogP contribution in [0.1, 0.15) is 108 Å². The van der Waals surface area contributed by atoms with Gasteiger partial charge < -0.3 is 24.6 Å². The Morgan fingerprint density at radius 3 is 2.48 bits per heavy atom. The third-order valence-corrected chi connectivity index (χ3v) is 16.4. The third-order valence-electron chi connectivity index (χ3n) is 13.7. The van der Waals surface area contributed by atoms with E-state index in [0.717, 1.165) is 17.7 Å². The number of pyridine rings is 1. The second-order valence-electron chi connectivity index (χ2n) is 18.6. The maximum Gasteiger partial charge on any atom is 0.391 e. The van der Waals surface area contributed by atoms with Crippen LogP contribution in [-0.2, 0) is 29.2 Å². The summed E-state index contributed by atoms with van der Waals surface area (Å²) in [6, 6.07) is 4.25. The second kappa shape index (κ2) is 18.5. The number of piperidine rings is 1. The number of hydrogen-bond donors (Lipinski definition) is 2. The van der Waals surface area contributed by atoms with Crippen LogP contribution in [0.4, 0.5) is 13.2 Å². The van der Waals surface area contributed by atoms with Crippen LogP contribution < -0.4 is 19.5 Å². The van der Waals surface area contributed by atoms with Gasteiger partial charge in [0.05, 0.1) is 36.0 Å². The molecule has 5 heterocycles. The van der Waals surface area contributed by atoms with E-state index in [1.165, 1.54) is 21.1 Å². The number of benzene rings is 1. The lowest BCUT2D eigenvalue weighted by Crippen LogP contribution is -2.57. The summed E-state index contributed by atoms with van der Waals surface area (Å²) in [6.07, 6.45) is 1.95. The Labute approximate surface area is 381 Å². The standard InChI is InChI=1S/C46H57F3N6O8S2/c1-26(2)35-25-64-42(51-35)34-22-38(33-14-15-37(62-4)27(3)40(33)50-34)63-31-21-36-41(57)52-45(44(59)53-65(60,61)32-12-13-32)23-30(45)11-9-7-5-6-8-10-28(43(58)55(36)24-31)20-39(56)54-18-16-29(17-19-54)46(47,48)49/h9,11,14-15,22,25-26,28-32,36H,5-8,10,12-13,16-21,23-24H2,1-4H3,(H,52,57)(H,53,59)/t28-,30-,31-,36+,45-/m1/s1. The molecular weight excluding hydrogens is 886 g/mol. The summed E-state index contributed by atoms with van der Waals surface area (Å²) in [5.74, 6) is -4.04. The quantitative estimate of drug-likeness (QED) is 0.202. The van der Waals surface area contributed by atoms with Gasteiger partial charge in [0.1, 0.15) is 39.9 Å². The van der Waals surface area contributed by atoms with E-state index in [2.05, 4.69) is 23.9 Å². The Morgan fingerprint density at radius 1 is 1.05 bits per heavy atom. The normalized spacial score (nSPS) is 26.0. The zero-order chi connectivity index (χ0) is 46.4. The van der Waals surface area contributed by atoms with E-state index < -0.39 is 80.5 Å². The molecule has 352 valence electrons. The number of nitrogens with zero attached hydrogens (tertiary/aromatic N) is 4. The first-order chi connectivity index (χ1) is 30.9. The molecule has 14 nitrogen and oxygen atoms in total. The van der Waals surface area contributed by atoms with Crippen LogP contribution in [0.2, 0.25) is 0 Å². The number of allylic oxidation sites excluding steroid dienone is 1. The molecule has 0 radical (unpaired) electrons. The van der Waals surface area contributed by atoms with E-state index in [1.54, 1.807) is 13.2 Å². The minimum Gasteiger partial charge on any atom is -0.496 e. The van der Waals surface area contributed by atoms with E-state index >= 15 is 0 Å². The zero-order valence-electron chi connectivity index (χ0n) is 37.1. The number of aromatic nitrogens is 2. The number of aryl methyl sites for hydroxylation is 1. The molecule has 3 aliphatic heterocycles. The Bertz CT molecular complexity index is 2470. The van der Waals surface area contributed by atoms with Gasteiger partial charge in [-0.3, -0.25) is 23.9 Å². The second-order valence-corrected chi connectivity index (χ2v) is 21.4. The van der Waals surface area contributed by atoms with Crippen LogP contribution in [0, 0.1) is 24.7 Å². The zero-order valence-corrected chi connectivity index (χ0v) is 38.8. The molecule has 2 N–H and O–H groups in total. The molecule has 5 atom stereocenters. The first-order valence-corrected chi connectivity index (χ1v) is 25.1. The van der Waals surface area contributed by atoms with Crippen molar-refractivity contribution >= 4 is 55.9 Å². The minimum absolute atomic E-state index is 0.00912. The fourth-order valence-electron chi connectivity index (χ4n) is 9.43. The van der Waals surface area contributed by atoms with Crippen LogP contribution in [0.5, 0.6) is 11.5 Å². The lowest BCUT2D eigenvalue weighted by molar-refractivity contribution is -0.186. The smallest absolute Gasteiger partial charge is 0.391 e. The van der Waals surface area contributed by atoms with Crippen molar-refractivity contribution in [1.82, 2.24) is 29.8 Å². The summed E-state index contributed by atoms with van der Waals surface area (Å²) in [4.78, 5) is 70.1. The van der Waals surface area contributed by atoms with Gasteiger partial charge in [0.25, 0.3) is 5.91 Å². The van der Waals surface area contributed by atoms with E-state index in [9.17, 15) is 40.8 Å². The maximum absolute atomic E-state index is 15.0. The third kappa shape index (κ3) is 10.0. The van der Waals surface area contributed by atoms with Crippen molar-refractivity contribution in [2.45, 2.75) is 133 Å². The Balaban J connectivity index is 1.12. The van der Waals surface area contributed by atoms with E-state index in [0.29, 0.717) is 71.6 Å². The van der Waals surface area contributed by atoms with Crippen molar-refractivity contribution in [3.05, 3.63) is 47.0 Å². The van der Waals surface area contributed by atoms with Gasteiger partial charge in [0.2, 0.25) is 27.7 Å². The molecule has 0 spiro atoms. The number of amides is 4. The molecule has 2 aliphatic carbocycles.